The van der Waals surface area contributed by atoms with Crippen molar-refractivity contribution in [2.75, 3.05) is 13.1 Å². The lowest BCUT2D eigenvalue weighted by Gasteiger charge is -2.15. The normalized spacial score (nSPS) is 15.6. The maximum absolute atomic E-state index is 12.0. The summed E-state index contributed by atoms with van der Waals surface area (Å²) in [6.07, 6.45) is 6.68. The summed E-state index contributed by atoms with van der Waals surface area (Å²) in [6, 6.07) is 15.7. The summed E-state index contributed by atoms with van der Waals surface area (Å²) in [4.78, 5) is 18.2. The van der Waals surface area contributed by atoms with Gasteiger partial charge in [0.2, 0.25) is 5.91 Å². The Morgan fingerprint density at radius 3 is 2.82 bits per heavy atom. The van der Waals surface area contributed by atoms with Crippen LogP contribution in [0.3, 0.4) is 0 Å². The van der Waals surface area contributed by atoms with Gasteiger partial charge in [0.25, 0.3) is 0 Å². The maximum Gasteiger partial charge on any atom is 0.246 e. The summed E-state index contributed by atoms with van der Waals surface area (Å²) in [6.45, 7) is 6.99. The zero-order valence-electron chi connectivity index (χ0n) is 18.9. The quantitative estimate of drug-likeness (QED) is 0.320. The number of aryl methyl sites for hydroxylation is 1. The van der Waals surface area contributed by atoms with E-state index in [0.29, 0.717) is 29.6 Å². The number of halogens is 1. The first-order chi connectivity index (χ1) is 16.6. The molecule has 1 fully saturated rings. The van der Waals surface area contributed by atoms with Crippen LogP contribution < -0.4 is 4.74 Å². The summed E-state index contributed by atoms with van der Waals surface area (Å²) in [5, 5.41) is 6.58. The minimum Gasteiger partial charge on any atom is -0.456 e. The summed E-state index contributed by atoms with van der Waals surface area (Å²) >= 11 is 6.48. The summed E-state index contributed by atoms with van der Waals surface area (Å²) in [5.74, 6) is 1.31. The molecule has 0 aliphatic carbocycles. The fourth-order valence-corrected chi connectivity index (χ4v) is 4.76. The number of fused-ring (bicyclic) bond motifs is 1. The first-order valence-corrected chi connectivity index (χ1v) is 11.8. The molecule has 5 rings (SSSR count). The van der Waals surface area contributed by atoms with Crippen molar-refractivity contribution in [3.63, 3.8) is 0 Å². The molecule has 172 valence electrons. The van der Waals surface area contributed by atoms with Crippen molar-refractivity contribution < 1.29 is 9.53 Å². The number of amides is 1. The van der Waals surface area contributed by atoms with Gasteiger partial charge in [-0.15, -0.1) is 0 Å². The van der Waals surface area contributed by atoms with Crippen LogP contribution in [0.4, 0.5) is 0 Å². The highest BCUT2D eigenvalue weighted by molar-refractivity contribution is 6.32. The van der Waals surface area contributed by atoms with Gasteiger partial charge in [0, 0.05) is 36.4 Å². The van der Waals surface area contributed by atoms with Crippen LogP contribution in [0, 0.1) is 0 Å². The van der Waals surface area contributed by atoms with E-state index in [2.05, 4.69) is 18.5 Å². The van der Waals surface area contributed by atoms with Gasteiger partial charge >= 0.3 is 0 Å². The Labute approximate surface area is 203 Å². The van der Waals surface area contributed by atoms with E-state index in [9.17, 15) is 4.79 Å². The summed E-state index contributed by atoms with van der Waals surface area (Å²) in [5.41, 5.74) is 3.88. The highest BCUT2D eigenvalue weighted by Crippen LogP contribution is 2.35. The van der Waals surface area contributed by atoms with Crippen LogP contribution in [0.15, 0.2) is 73.6 Å². The lowest BCUT2D eigenvalue weighted by atomic mass is 10.1. The van der Waals surface area contributed by atoms with Crippen LogP contribution in [0.1, 0.15) is 24.9 Å². The molecule has 1 aliphatic rings. The Hall–Kier alpha value is -3.64. The fourth-order valence-electron chi connectivity index (χ4n) is 4.46. The third kappa shape index (κ3) is 4.05. The van der Waals surface area contributed by atoms with Crippen molar-refractivity contribution in [3.05, 3.63) is 84.2 Å². The van der Waals surface area contributed by atoms with Crippen LogP contribution in [0.2, 0.25) is 5.02 Å². The first-order valence-electron chi connectivity index (χ1n) is 11.4. The molecule has 0 saturated carbocycles. The molecule has 4 aromatic rings. The number of ether oxygens (including phenoxy) is 1. The van der Waals surface area contributed by atoms with Crippen molar-refractivity contribution in [2.45, 2.75) is 25.8 Å². The lowest BCUT2D eigenvalue weighted by Crippen LogP contribution is -2.27. The first kappa shape index (κ1) is 22.2. The lowest BCUT2D eigenvalue weighted by molar-refractivity contribution is -0.125. The van der Waals surface area contributed by atoms with Crippen LogP contribution >= 0.6 is 11.6 Å². The average molecular weight is 473 g/mol. The number of carbonyl (C=O) groups is 1. The molecule has 3 heterocycles. The average Bonchev–Trinajstić information content (AvgIpc) is 3.51. The summed E-state index contributed by atoms with van der Waals surface area (Å²) in [7, 11) is 0. The molecule has 1 saturated heterocycles. The predicted octanol–water partition coefficient (Wildman–Crippen LogP) is 6.07. The zero-order valence-corrected chi connectivity index (χ0v) is 19.7. The van der Waals surface area contributed by atoms with Crippen LogP contribution in [-0.4, -0.2) is 38.7 Å². The molecule has 0 spiro atoms. The molecule has 7 heteroatoms. The highest BCUT2D eigenvalue weighted by Gasteiger charge is 2.28. The van der Waals surface area contributed by atoms with Crippen LogP contribution in [-0.2, 0) is 11.2 Å². The minimum absolute atomic E-state index is 0.0407. The van der Waals surface area contributed by atoms with Gasteiger partial charge in [0.15, 0.2) is 0 Å². The Balaban J connectivity index is 1.44. The third-order valence-electron chi connectivity index (χ3n) is 6.28. The zero-order chi connectivity index (χ0) is 23.7. The van der Waals surface area contributed by atoms with Crippen molar-refractivity contribution in [1.82, 2.24) is 19.7 Å². The fraction of sp³-hybridized carbons (Fsp3) is 0.222. The SMILES string of the molecule is C=CC(=O)N1CC[C@@H](n2nc(-c3ccc(Oc4cccc(CC)c4Cl)cc3)c3cnccc32)C1. The second-order valence-corrected chi connectivity index (χ2v) is 8.70. The third-order valence-corrected chi connectivity index (χ3v) is 6.71. The van der Waals surface area contributed by atoms with E-state index in [4.69, 9.17) is 21.4 Å². The maximum atomic E-state index is 12.0. The van der Waals surface area contributed by atoms with Crippen molar-refractivity contribution in [3.8, 4) is 22.8 Å². The topological polar surface area (TPSA) is 60.2 Å². The number of benzene rings is 2. The Bertz CT molecular complexity index is 1360. The molecular weight excluding hydrogens is 448 g/mol. The monoisotopic (exact) mass is 472 g/mol. The van der Waals surface area contributed by atoms with E-state index in [1.54, 1.807) is 6.20 Å². The van der Waals surface area contributed by atoms with Gasteiger partial charge in [0.1, 0.15) is 17.2 Å². The Kier molecular flexibility index (Phi) is 6.07. The molecule has 0 bridgehead atoms. The molecule has 34 heavy (non-hydrogen) atoms. The van der Waals surface area contributed by atoms with Gasteiger partial charge in [-0.25, -0.2) is 0 Å². The van der Waals surface area contributed by atoms with E-state index in [-0.39, 0.29) is 11.9 Å². The summed E-state index contributed by atoms with van der Waals surface area (Å²) < 4.78 is 8.08. The highest BCUT2D eigenvalue weighted by atomic mass is 35.5. The number of pyridine rings is 1. The number of aromatic nitrogens is 3. The van der Waals surface area contributed by atoms with Gasteiger partial charge < -0.3 is 9.64 Å². The van der Waals surface area contributed by atoms with E-state index in [1.165, 1.54) is 6.08 Å². The number of hydrogen-bond donors (Lipinski definition) is 0. The molecule has 0 unspecified atom stereocenters. The molecule has 6 nitrogen and oxygen atoms in total. The number of hydrogen-bond acceptors (Lipinski definition) is 4. The molecule has 1 atom stereocenters. The van der Waals surface area contributed by atoms with E-state index in [0.717, 1.165) is 40.6 Å². The van der Waals surface area contributed by atoms with Crippen LogP contribution in [0.25, 0.3) is 22.2 Å². The Morgan fingerprint density at radius 1 is 1.24 bits per heavy atom. The molecule has 0 N–H and O–H groups in total. The second kappa shape index (κ2) is 9.31. The smallest absolute Gasteiger partial charge is 0.246 e. The Morgan fingerprint density at radius 2 is 2.06 bits per heavy atom. The molecule has 1 aliphatic heterocycles. The standard InChI is InChI=1S/C27H25ClN4O2/c1-3-18-6-5-7-24(26(18)28)34-21-10-8-19(9-11-21)27-22-16-29-14-12-23(22)32(30-27)20-13-15-31(17-20)25(33)4-2/h4-12,14,16,20H,2-3,13,15,17H2,1H3/t20-/m1/s1. The van der Waals surface area contributed by atoms with Crippen molar-refractivity contribution in [1.29, 1.82) is 0 Å². The number of likely N-dealkylation sites (tertiary alicyclic amines) is 1. The molecular formula is C27H25ClN4O2. The van der Waals surface area contributed by atoms with Crippen molar-refractivity contribution >= 4 is 28.4 Å². The largest absolute Gasteiger partial charge is 0.456 e. The second-order valence-electron chi connectivity index (χ2n) is 8.33. The van der Waals surface area contributed by atoms with E-state index in [1.807, 2.05) is 64.3 Å². The number of rotatable bonds is 6. The van der Waals surface area contributed by atoms with Gasteiger partial charge in [-0.05, 0) is 60.9 Å². The minimum atomic E-state index is -0.0407. The molecule has 2 aromatic carbocycles. The molecule has 1 amide bonds. The van der Waals surface area contributed by atoms with Gasteiger partial charge in [-0.3, -0.25) is 14.5 Å². The molecule has 2 aromatic heterocycles. The number of carbonyl (C=O) groups excluding carboxylic acids is 1. The van der Waals surface area contributed by atoms with Gasteiger partial charge in [-0.1, -0.05) is 37.2 Å². The number of nitrogens with zero attached hydrogens (tertiary/aromatic N) is 4. The predicted molar refractivity (Wildman–Crippen MR) is 134 cm³/mol. The van der Waals surface area contributed by atoms with E-state index < -0.39 is 0 Å². The van der Waals surface area contributed by atoms with Gasteiger partial charge in [-0.2, -0.15) is 5.10 Å². The molecule has 0 radical (unpaired) electrons. The van der Waals surface area contributed by atoms with Crippen LogP contribution in [0.5, 0.6) is 11.5 Å². The van der Waals surface area contributed by atoms with E-state index >= 15 is 0 Å². The van der Waals surface area contributed by atoms with Crippen molar-refractivity contribution in [2.24, 2.45) is 0 Å². The van der Waals surface area contributed by atoms with Gasteiger partial charge in [0.05, 0.1) is 16.6 Å².